The number of anilines is 3. The van der Waals surface area contributed by atoms with Gasteiger partial charge in [-0.15, -0.1) is 0 Å². The van der Waals surface area contributed by atoms with Crippen molar-refractivity contribution in [3.8, 4) is 0 Å². The Hall–Kier alpha value is -5.06. The van der Waals surface area contributed by atoms with Crippen molar-refractivity contribution in [2.45, 2.75) is 19.6 Å². The van der Waals surface area contributed by atoms with Gasteiger partial charge in [0.05, 0.1) is 13.6 Å². The summed E-state index contributed by atoms with van der Waals surface area (Å²) in [4.78, 5) is 28.9. The summed E-state index contributed by atoms with van der Waals surface area (Å²) in [6.45, 7) is 7.09. The highest BCUT2D eigenvalue weighted by molar-refractivity contribution is 6.88. The minimum Gasteiger partial charge on any atom is -0.310 e. The monoisotopic (exact) mass is 573 g/mol. The first-order chi connectivity index (χ1) is 20.8. The summed E-state index contributed by atoms with van der Waals surface area (Å²) in [7, 11) is -1.41. The third kappa shape index (κ3) is 4.90. The van der Waals surface area contributed by atoms with Gasteiger partial charge in [0.1, 0.15) is 0 Å². The molecule has 0 bridgehead atoms. The van der Waals surface area contributed by atoms with Crippen LogP contribution in [0.2, 0.25) is 19.6 Å². The first-order valence-corrected chi connectivity index (χ1v) is 18.1. The van der Waals surface area contributed by atoms with Crippen LogP contribution in [0.15, 0.2) is 133 Å². The molecule has 0 fully saturated rings. The van der Waals surface area contributed by atoms with Crippen molar-refractivity contribution >= 4 is 69.5 Å². The van der Waals surface area contributed by atoms with E-state index in [1.807, 2.05) is 54.6 Å². The number of allylic oxidation sites excluding steroid dienone is 1. The second-order valence-corrected chi connectivity index (χ2v) is 17.3. The minimum absolute atomic E-state index is 0.208. The molecule has 0 saturated carbocycles. The molecule has 0 N–H and O–H groups in total. The van der Waals surface area contributed by atoms with Gasteiger partial charge in [0.15, 0.2) is 11.6 Å². The van der Waals surface area contributed by atoms with Gasteiger partial charge in [-0.25, -0.2) is 0 Å². The number of ketones is 2. The van der Waals surface area contributed by atoms with E-state index >= 15 is 0 Å². The Morgan fingerprint density at radius 1 is 0.512 bits per heavy atom. The Kier molecular flexibility index (Phi) is 6.44. The molecular formula is C39H31NO2Si. The van der Waals surface area contributed by atoms with E-state index < -0.39 is 8.07 Å². The zero-order valence-corrected chi connectivity index (χ0v) is 25.5. The number of Topliss-reactive ketones (excluding diaryl/α,β-unsaturated/α-hetero) is 2. The third-order valence-electron chi connectivity index (χ3n) is 8.29. The van der Waals surface area contributed by atoms with Gasteiger partial charge in [-0.1, -0.05) is 97.6 Å². The molecule has 0 atom stereocenters. The SMILES string of the molecule is C[Si](C)(C)c1ccc(N(c2ccccc2)c2ccc3cc(C=C4C(=O)c5cc6ccccc6cc5C4=O)ccc3c2)cc1. The quantitative estimate of drug-likeness (QED) is 0.117. The fourth-order valence-corrected chi connectivity index (χ4v) is 7.09. The van der Waals surface area contributed by atoms with Gasteiger partial charge in [-0.2, -0.15) is 0 Å². The second-order valence-electron chi connectivity index (χ2n) is 12.2. The number of rotatable bonds is 5. The molecule has 0 heterocycles. The number of nitrogens with zero attached hydrogens (tertiary/aromatic N) is 1. The standard InChI is InChI=1S/C39H31NO2Si/c1-43(2,3)34-19-17-32(18-20-34)40(31-11-5-4-6-12-31)33-16-15-29-21-26(13-14-30(29)23-33)22-37-38(41)35-24-27-9-7-8-10-28(27)25-36(35)39(37)42/h4-25H,1-3H3. The van der Waals surface area contributed by atoms with Gasteiger partial charge in [-0.3, -0.25) is 9.59 Å². The molecule has 0 aromatic heterocycles. The van der Waals surface area contributed by atoms with Crippen molar-refractivity contribution < 1.29 is 9.59 Å². The molecule has 43 heavy (non-hydrogen) atoms. The predicted molar refractivity (Wildman–Crippen MR) is 182 cm³/mol. The second kappa shape index (κ2) is 10.3. The average molecular weight is 574 g/mol. The van der Waals surface area contributed by atoms with Crippen molar-refractivity contribution in [3.63, 3.8) is 0 Å². The molecule has 3 nitrogen and oxygen atoms in total. The summed E-state index contributed by atoms with van der Waals surface area (Å²) >= 11 is 0. The molecule has 6 aromatic rings. The molecule has 1 aliphatic rings. The molecule has 0 saturated heterocycles. The predicted octanol–water partition coefficient (Wildman–Crippen LogP) is 9.47. The zero-order valence-electron chi connectivity index (χ0n) is 24.5. The van der Waals surface area contributed by atoms with E-state index in [9.17, 15) is 9.59 Å². The van der Waals surface area contributed by atoms with Crippen LogP contribution in [0.25, 0.3) is 27.6 Å². The van der Waals surface area contributed by atoms with Crippen molar-refractivity contribution in [1.29, 1.82) is 0 Å². The summed E-state index contributed by atoms with van der Waals surface area (Å²) in [5, 5.41) is 5.47. The first-order valence-electron chi connectivity index (χ1n) is 14.6. The van der Waals surface area contributed by atoms with Crippen LogP contribution in [0.3, 0.4) is 0 Å². The van der Waals surface area contributed by atoms with Gasteiger partial charge >= 0.3 is 0 Å². The number of hydrogen-bond acceptors (Lipinski definition) is 3. The molecule has 7 rings (SSSR count). The zero-order chi connectivity index (χ0) is 29.7. The lowest BCUT2D eigenvalue weighted by atomic mass is 10.0. The normalized spacial score (nSPS) is 13.0. The van der Waals surface area contributed by atoms with E-state index in [1.165, 1.54) is 5.19 Å². The Morgan fingerprint density at radius 3 is 1.65 bits per heavy atom. The summed E-state index contributed by atoms with van der Waals surface area (Å²) in [6, 6.07) is 43.4. The number of para-hydroxylation sites is 1. The number of carbonyl (C=O) groups excluding carboxylic acids is 2. The number of hydrogen-bond donors (Lipinski definition) is 0. The van der Waals surface area contributed by atoms with Crippen LogP contribution in [-0.4, -0.2) is 19.6 Å². The van der Waals surface area contributed by atoms with E-state index in [1.54, 1.807) is 6.08 Å². The lowest BCUT2D eigenvalue weighted by molar-refractivity contribution is 0.0990. The van der Waals surface area contributed by atoms with Crippen LogP contribution in [0.5, 0.6) is 0 Å². The van der Waals surface area contributed by atoms with Crippen LogP contribution in [0.4, 0.5) is 17.1 Å². The van der Waals surface area contributed by atoms with Gasteiger partial charge in [-0.05, 0) is 87.8 Å². The van der Waals surface area contributed by atoms with E-state index in [0.29, 0.717) is 11.1 Å². The van der Waals surface area contributed by atoms with E-state index in [4.69, 9.17) is 0 Å². The molecule has 0 unspecified atom stereocenters. The molecule has 6 aromatic carbocycles. The first kappa shape index (κ1) is 26.8. The molecule has 0 radical (unpaired) electrons. The Balaban J connectivity index is 1.24. The lowest BCUT2D eigenvalue weighted by Crippen LogP contribution is -2.37. The molecule has 0 amide bonds. The third-order valence-corrected chi connectivity index (χ3v) is 10.4. The maximum atomic E-state index is 13.3. The van der Waals surface area contributed by atoms with E-state index in [0.717, 1.165) is 44.2 Å². The minimum atomic E-state index is -1.41. The average Bonchev–Trinajstić information content (AvgIpc) is 3.24. The smallest absolute Gasteiger partial charge is 0.197 e. The largest absolute Gasteiger partial charge is 0.310 e. The van der Waals surface area contributed by atoms with Gasteiger partial charge in [0, 0.05) is 28.2 Å². The van der Waals surface area contributed by atoms with Gasteiger partial charge in [0.25, 0.3) is 0 Å². The fourth-order valence-electron chi connectivity index (χ4n) is 5.92. The topological polar surface area (TPSA) is 37.4 Å². The highest BCUT2D eigenvalue weighted by atomic mass is 28.3. The van der Waals surface area contributed by atoms with E-state index in [-0.39, 0.29) is 17.1 Å². The van der Waals surface area contributed by atoms with Crippen LogP contribution < -0.4 is 10.1 Å². The summed E-state index contributed by atoms with van der Waals surface area (Å²) in [5.74, 6) is -0.417. The van der Waals surface area contributed by atoms with E-state index in [2.05, 4.69) is 97.3 Å². The Morgan fingerprint density at radius 2 is 1.02 bits per heavy atom. The van der Waals surface area contributed by atoms with Crippen LogP contribution in [0, 0.1) is 0 Å². The number of carbonyl (C=O) groups is 2. The van der Waals surface area contributed by atoms with Crippen molar-refractivity contribution in [1.82, 2.24) is 0 Å². The van der Waals surface area contributed by atoms with Gasteiger partial charge < -0.3 is 4.90 Å². The van der Waals surface area contributed by atoms with Crippen molar-refractivity contribution in [3.05, 3.63) is 150 Å². The number of fused-ring (bicyclic) bond motifs is 3. The maximum Gasteiger partial charge on any atom is 0.197 e. The molecule has 208 valence electrons. The van der Waals surface area contributed by atoms with Crippen LogP contribution >= 0.6 is 0 Å². The molecule has 1 aliphatic carbocycles. The molecular weight excluding hydrogens is 543 g/mol. The summed E-state index contributed by atoms with van der Waals surface area (Å²) in [6.07, 6.45) is 1.74. The molecule has 0 aliphatic heterocycles. The van der Waals surface area contributed by atoms with Crippen LogP contribution in [0.1, 0.15) is 26.3 Å². The number of benzene rings is 6. The Bertz CT molecular complexity index is 2030. The van der Waals surface area contributed by atoms with Gasteiger partial charge in [0.2, 0.25) is 0 Å². The highest BCUT2D eigenvalue weighted by Crippen LogP contribution is 2.37. The maximum absolute atomic E-state index is 13.3. The van der Waals surface area contributed by atoms with Crippen molar-refractivity contribution in [2.24, 2.45) is 0 Å². The Labute approximate surface area is 252 Å². The lowest BCUT2D eigenvalue weighted by Gasteiger charge is -2.27. The fraction of sp³-hybridized carbons (Fsp3) is 0.0769. The summed E-state index contributed by atoms with van der Waals surface area (Å²) in [5.41, 5.74) is 5.29. The highest BCUT2D eigenvalue weighted by Gasteiger charge is 2.33. The van der Waals surface area contributed by atoms with Crippen LogP contribution in [-0.2, 0) is 0 Å². The van der Waals surface area contributed by atoms with Crippen molar-refractivity contribution in [2.75, 3.05) is 4.90 Å². The molecule has 4 heteroatoms. The summed E-state index contributed by atoms with van der Waals surface area (Å²) < 4.78 is 0. The molecule has 0 spiro atoms.